The van der Waals surface area contributed by atoms with Crippen LogP contribution in [0.1, 0.15) is 11.3 Å². The van der Waals surface area contributed by atoms with Gasteiger partial charge >= 0.3 is 6.09 Å². The van der Waals surface area contributed by atoms with Gasteiger partial charge in [0, 0.05) is 76.5 Å². The molecule has 1 saturated heterocycles. The Balaban J connectivity index is 1.22. The first kappa shape index (κ1) is 20.4. The van der Waals surface area contributed by atoms with E-state index in [0.29, 0.717) is 18.8 Å². The number of nitrogens with zero attached hydrogens (tertiary/aromatic N) is 6. The van der Waals surface area contributed by atoms with Gasteiger partial charge in [-0.15, -0.1) is 0 Å². The second-order valence-corrected chi connectivity index (χ2v) is 8.02. The predicted octanol–water partition coefficient (Wildman–Crippen LogP) is 2.82. The first-order chi connectivity index (χ1) is 14.7. The molecule has 0 N–H and O–H groups in total. The Bertz CT molecular complexity index is 955. The standard InChI is InChI=1S/C21H24N6O2S/c1-25-9-8-24-20(25)30-16-17-2-4-19(5-3-17)29-21(28)27-12-10-26(11-13-27)15-18-14-22-6-7-23-18/h2-9,14H,10-13,15-16H2,1H3. The molecule has 1 aliphatic heterocycles. The van der Waals surface area contributed by atoms with E-state index in [2.05, 4.69) is 19.9 Å². The van der Waals surface area contributed by atoms with Crippen LogP contribution in [-0.4, -0.2) is 61.6 Å². The summed E-state index contributed by atoms with van der Waals surface area (Å²) in [5.74, 6) is 1.38. The molecule has 9 heteroatoms. The van der Waals surface area contributed by atoms with Crippen molar-refractivity contribution in [2.24, 2.45) is 7.05 Å². The van der Waals surface area contributed by atoms with E-state index in [9.17, 15) is 4.79 Å². The van der Waals surface area contributed by atoms with Gasteiger partial charge in [0.15, 0.2) is 5.16 Å². The zero-order chi connectivity index (χ0) is 20.8. The molecular formula is C21H24N6O2S. The molecule has 3 heterocycles. The van der Waals surface area contributed by atoms with Crippen LogP contribution in [0.4, 0.5) is 4.79 Å². The van der Waals surface area contributed by atoms with Crippen molar-refractivity contribution in [3.8, 4) is 5.75 Å². The first-order valence-corrected chi connectivity index (χ1v) is 10.8. The highest BCUT2D eigenvalue weighted by molar-refractivity contribution is 7.98. The summed E-state index contributed by atoms with van der Waals surface area (Å²) in [6.45, 7) is 3.59. The lowest BCUT2D eigenvalue weighted by molar-refractivity contribution is 0.107. The Morgan fingerprint density at radius 3 is 2.53 bits per heavy atom. The van der Waals surface area contributed by atoms with E-state index in [1.165, 1.54) is 0 Å². The summed E-state index contributed by atoms with van der Waals surface area (Å²) in [5, 5.41) is 0.976. The molecule has 156 valence electrons. The molecule has 2 aromatic heterocycles. The van der Waals surface area contributed by atoms with Gasteiger partial charge in [-0.25, -0.2) is 9.78 Å². The number of carbonyl (C=O) groups excluding carboxylic acids is 1. The molecule has 3 aromatic rings. The number of rotatable bonds is 6. The Kier molecular flexibility index (Phi) is 6.60. The smallest absolute Gasteiger partial charge is 0.410 e. The molecule has 1 fully saturated rings. The zero-order valence-electron chi connectivity index (χ0n) is 16.8. The molecule has 0 atom stereocenters. The molecule has 0 unspecified atom stereocenters. The highest BCUT2D eigenvalue weighted by atomic mass is 32.2. The molecule has 8 nitrogen and oxygen atoms in total. The lowest BCUT2D eigenvalue weighted by Crippen LogP contribution is -2.49. The van der Waals surface area contributed by atoms with Gasteiger partial charge < -0.3 is 14.2 Å². The maximum Gasteiger partial charge on any atom is 0.415 e. The van der Waals surface area contributed by atoms with Gasteiger partial charge in [0.2, 0.25) is 0 Å². The van der Waals surface area contributed by atoms with Crippen molar-refractivity contribution in [1.29, 1.82) is 0 Å². The van der Waals surface area contributed by atoms with Crippen LogP contribution in [0.2, 0.25) is 0 Å². The quantitative estimate of drug-likeness (QED) is 0.563. The largest absolute Gasteiger partial charge is 0.415 e. The van der Waals surface area contributed by atoms with Crippen LogP contribution >= 0.6 is 11.8 Å². The Hall–Kier alpha value is -2.91. The fraction of sp³-hybridized carbons (Fsp3) is 0.333. The van der Waals surface area contributed by atoms with Gasteiger partial charge in [-0.3, -0.25) is 14.9 Å². The average Bonchev–Trinajstić information content (AvgIpc) is 3.19. The molecule has 1 aliphatic rings. The first-order valence-electron chi connectivity index (χ1n) is 9.80. The number of hydrogen-bond donors (Lipinski definition) is 0. The Morgan fingerprint density at radius 1 is 1.07 bits per heavy atom. The number of ether oxygens (including phenoxy) is 1. The highest BCUT2D eigenvalue weighted by Gasteiger charge is 2.23. The van der Waals surface area contributed by atoms with Crippen LogP contribution in [-0.2, 0) is 19.3 Å². The lowest BCUT2D eigenvalue weighted by Gasteiger charge is -2.33. The van der Waals surface area contributed by atoms with E-state index >= 15 is 0 Å². The fourth-order valence-electron chi connectivity index (χ4n) is 3.19. The van der Waals surface area contributed by atoms with Crippen LogP contribution in [0.5, 0.6) is 5.75 Å². The summed E-state index contributed by atoms with van der Waals surface area (Å²) in [5.41, 5.74) is 2.09. The molecule has 0 saturated carbocycles. The van der Waals surface area contributed by atoms with Gasteiger partial charge in [0.1, 0.15) is 5.75 Å². The van der Waals surface area contributed by atoms with E-state index in [-0.39, 0.29) is 6.09 Å². The zero-order valence-corrected chi connectivity index (χ0v) is 17.7. The van der Waals surface area contributed by atoms with Gasteiger partial charge in [-0.05, 0) is 17.7 Å². The van der Waals surface area contributed by atoms with Gasteiger partial charge in [0.05, 0.1) is 5.69 Å². The number of amides is 1. The van der Waals surface area contributed by atoms with Crippen molar-refractivity contribution in [3.05, 3.63) is 66.5 Å². The SMILES string of the molecule is Cn1ccnc1SCc1ccc(OC(=O)N2CCN(Cc3cnccn3)CC2)cc1. The maximum atomic E-state index is 12.5. The van der Waals surface area contributed by atoms with E-state index in [0.717, 1.165) is 41.8 Å². The summed E-state index contributed by atoms with van der Waals surface area (Å²) in [7, 11) is 1.98. The van der Waals surface area contributed by atoms with Crippen LogP contribution in [0.25, 0.3) is 0 Å². The average molecular weight is 425 g/mol. The van der Waals surface area contributed by atoms with Crippen molar-refractivity contribution >= 4 is 17.9 Å². The van der Waals surface area contributed by atoms with E-state index in [4.69, 9.17) is 4.74 Å². The molecule has 1 amide bonds. The summed E-state index contributed by atoms with van der Waals surface area (Å²) in [6, 6.07) is 7.65. The maximum absolute atomic E-state index is 12.5. The molecule has 0 bridgehead atoms. The minimum atomic E-state index is -0.302. The summed E-state index contributed by atoms with van der Waals surface area (Å²) < 4.78 is 7.55. The number of imidazole rings is 1. The number of thioether (sulfide) groups is 1. The molecule has 30 heavy (non-hydrogen) atoms. The van der Waals surface area contributed by atoms with Gasteiger partial charge in [-0.2, -0.15) is 0 Å². The highest BCUT2D eigenvalue weighted by Crippen LogP contribution is 2.22. The molecule has 0 radical (unpaired) electrons. The Morgan fingerprint density at radius 2 is 1.87 bits per heavy atom. The number of carbonyl (C=O) groups is 1. The third kappa shape index (κ3) is 5.37. The van der Waals surface area contributed by atoms with Crippen LogP contribution < -0.4 is 4.74 Å². The number of piperazine rings is 1. The number of aryl methyl sites for hydroxylation is 1. The van der Waals surface area contributed by atoms with Crippen molar-refractivity contribution < 1.29 is 9.53 Å². The number of hydrogen-bond acceptors (Lipinski definition) is 7. The summed E-state index contributed by atoms with van der Waals surface area (Å²) in [4.78, 5) is 29.2. The van der Waals surface area contributed by atoms with Crippen LogP contribution in [0, 0.1) is 0 Å². The predicted molar refractivity (Wildman–Crippen MR) is 114 cm³/mol. The lowest BCUT2D eigenvalue weighted by atomic mass is 10.2. The minimum Gasteiger partial charge on any atom is -0.410 e. The second-order valence-electron chi connectivity index (χ2n) is 7.08. The van der Waals surface area contributed by atoms with Crippen molar-refractivity contribution in [2.45, 2.75) is 17.5 Å². The minimum absolute atomic E-state index is 0.302. The molecule has 0 spiro atoms. The van der Waals surface area contributed by atoms with Gasteiger partial charge in [0.25, 0.3) is 0 Å². The van der Waals surface area contributed by atoms with E-state index in [1.807, 2.05) is 42.1 Å². The summed E-state index contributed by atoms with van der Waals surface area (Å²) in [6.07, 6.45) is 8.57. The monoisotopic (exact) mass is 424 g/mol. The normalized spacial score (nSPS) is 14.6. The van der Waals surface area contributed by atoms with Crippen molar-refractivity contribution in [1.82, 2.24) is 29.3 Å². The second kappa shape index (κ2) is 9.73. The number of aromatic nitrogens is 4. The fourth-order valence-corrected chi connectivity index (χ4v) is 4.08. The van der Waals surface area contributed by atoms with Crippen molar-refractivity contribution in [2.75, 3.05) is 26.2 Å². The topological polar surface area (TPSA) is 76.4 Å². The van der Waals surface area contributed by atoms with E-state index in [1.54, 1.807) is 41.4 Å². The molecule has 4 rings (SSSR count). The number of benzene rings is 1. The molecule has 0 aliphatic carbocycles. The Labute approximate surface area is 179 Å². The summed E-state index contributed by atoms with van der Waals surface area (Å²) >= 11 is 1.67. The third-order valence-corrected chi connectivity index (χ3v) is 6.04. The molecular weight excluding hydrogens is 400 g/mol. The van der Waals surface area contributed by atoms with E-state index < -0.39 is 0 Å². The van der Waals surface area contributed by atoms with Crippen LogP contribution in [0.15, 0.2) is 60.4 Å². The molecule has 1 aromatic carbocycles. The van der Waals surface area contributed by atoms with Crippen LogP contribution in [0.3, 0.4) is 0 Å². The van der Waals surface area contributed by atoms with Gasteiger partial charge in [-0.1, -0.05) is 23.9 Å². The third-order valence-electron chi connectivity index (χ3n) is 4.91. The van der Waals surface area contributed by atoms with Crippen molar-refractivity contribution in [3.63, 3.8) is 0 Å².